The minimum Gasteiger partial charge on any atom is -0.352 e. The normalized spacial score (nSPS) is 14.1. The van der Waals surface area contributed by atoms with Crippen molar-refractivity contribution in [3.05, 3.63) is 70.8 Å². The van der Waals surface area contributed by atoms with Gasteiger partial charge in [-0.25, -0.2) is 0 Å². The molecule has 2 aromatic rings. The van der Waals surface area contributed by atoms with Crippen molar-refractivity contribution >= 4 is 24.0 Å². The van der Waals surface area contributed by atoms with Crippen LogP contribution in [0.4, 0.5) is 13.2 Å². The SMILES string of the molecule is CC(C)N1CCN=C1c1ccccc1C(=O)c1ccc(C(F)(F)F)cc1.Cl. The first-order chi connectivity index (χ1) is 12.3. The summed E-state index contributed by atoms with van der Waals surface area (Å²) in [5.74, 6) is 0.448. The number of halogens is 4. The fourth-order valence-corrected chi connectivity index (χ4v) is 3.05. The van der Waals surface area contributed by atoms with E-state index >= 15 is 0 Å². The van der Waals surface area contributed by atoms with Crippen molar-refractivity contribution in [3.8, 4) is 0 Å². The summed E-state index contributed by atoms with van der Waals surface area (Å²) in [4.78, 5) is 19.6. The van der Waals surface area contributed by atoms with E-state index in [1.165, 1.54) is 12.1 Å². The summed E-state index contributed by atoms with van der Waals surface area (Å²) in [5.41, 5.74) is 0.607. The summed E-state index contributed by atoms with van der Waals surface area (Å²) in [6, 6.07) is 11.6. The summed E-state index contributed by atoms with van der Waals surface area (Å²) in [6.07, 6.45) is -4.42. The molecule has 1 aliphatic rings. The lowest BCUT2D eigenvalue weighted by molar-refractivity contribution is -0.137. The Morgan fingerprint density at radius 3 is 2.30 bits per heavy atom. The number of aliphatic imine (C=N–C) groups is 1. The minimum atomic E-state index is -4.42. The Labute approximate surface area is 162 Å². The van der Waals surface area contributed by atoms with Gasteiger partial charge in [0, 0.05) is 29.3 Å². The number of carbonyl (C=O) groups is 1. The lowest BCUT2D eigenvalue weighted by Crippen LogP contribution is -2.35. The van der Waals surface area contributed by atoms with E-state index in [-0.39, 0.29) is 29.8 Å². The molecule has 7 heteroatoms. The van der Waals surface area contributed by atoms with Crippen molar-refractivity contribution in [2.45, 2.75) is 26.1 Å². The maximum absolute atomic E-state index is 12.9. The molecule has 0 atom stereocenters. The van der Waals surface area contributed by atoms with Crippen LogP contribution in [0.15, 0.2) is 53.5 Å². The molecule has 0 fully saturated rings. The van der Waals surface area contributed by atoms with Crippen LogP contribution in [0.25, 0.3) is 0 Å². The van der Waals surface area contributed by atoms with E-state index < -0.39 is 11.7 Å². The molecular formula is C20H20ClF3N2O. The second kappa shape index (κ2) is 8.13. The maximum Gasteiger partial charge on any atom is 0.416 e. The molecule has 0 aliphatic carbocycles. The fourth-order valence-electron chi connectivity index (χ4n) is 3.05. The third kappa shape index (κ3) is 4.33. The van der Waals surface area contributed by atoms with Gasteiger partial charge in [0.15, 0.2) is 5.78 Å². The molecule has 2 aromatic carbocycles. The average Bonchev–Trinajstić information content (AvgIpc) is 3.10. The van der Waals surface area contributed by atoms with E-state index in [1.54, 1.807) is 12.1 Å². The van der Waals surface area contributed by atoms with Crippen LogP contribution in [0, 0.1) is 0 Å². The van der Waals surface area contributed by atoms with E-state index in [1.807, 2.05) is 12.1 Å². The predicted octanol–water partition coefficient (Wildman–Crippen LogP) is 4.83. The first-order valence-electron chi connectivity index (χ1n) is 8.41. The molecule has 3 nitrogen and oxygen atoms in total. The van der Waals surface area contributed by atoms with Crippen molar-refractivity contribution in [2.24, 2.45) is 4.99 Å². The standard InChI is InChI=1S/C20H19F3N2O.ClH/c1-13(2)25-12-11-24-19(25)17-6-4-3-5-16(17)18(26)14-7-9-15(10-8-14)20(21,22)23;/h3-10,13H,11-12H2,1-2H3;1H. The van der Waals surface area contributed by atoms with Crippen molar-refractivity contribution in [1.29, 1.82) is 0 Å². The Hall–Kier alpha value is -2.34. The Morgan fingerprint density at radius 1 is 1.07 bits per heavy atom. The number of rotatable bonds is 4. The van der Waals surface area contributed by atoms with E-state index in [2.05, 4.69) is 23.7 Å². The minimum absolute atomic E-state index is 0. The number of alkyl halides is 3. The van der Waals surface area contributed by atoms with Gasteiger partial charge >= 0.3 is 6.18 Å². The molecule has 27 heavy (non-hydrogen) atoms. The predicted molar refractivity (Wildman–Crippen MR) is 102 cm³/mol. The number of carbonyl (C=O) groups excluding carboxylic acids is 1. The Bertz CT molecular complexity index is 845. The van der Waals surface area contributed by atoms with Crippen molar-refractivity contribution in [3.63, 3.8) is 0 Å². The zero-order valence-electron chi connectivity index (χ0n) is 15.0. The third-order valence-electron chi connectivity index (χ3n) is 4.38. The van der Waals surface area contributed by atoms with Crippen molar-refractivity contribution in [1.82, 2.24) is 4.90 Å². The number of benzene rings is 2. The van der Waals surface area contributed by atoms with Crippen LogP contribution < -0.4 is 0 Å². The first kappa shape index (κ1) is 21.0. The molecular weight excluding hydrogens is 377 g/mol. The monoisotopic (exact) mass is 396 g/mol. The van der Waals surface area contributed by atoms with Gasteiger partial charge in [-0.15, -0.1) is 12.4 Å². The number of nitrogens with zero attached hydrogens (tertiary/aromatic N) is 2. The molecule has 0 spiro atoms. The average molecular weight is 397 g/mol. The molecule has 1 heterocycles. The molecule has 1 aliphatic heterocycles. The molecule has 0 N–H and O–H groups in total. The molecule has 0 unspecified atom stereocenters. The number of amidine groups is 1. The highest BCUT2D eigenvalue weighted by molar-refractivity contribution is 6.16. The van der Waals surface area contributed by atoms with Crippen LogP contribution in [0.3, 0.4) is 0 Å². The topological polar surface area (TPSA) is 32.7 Å². The first-order valence-corrected chi connectivity index (χ1v) is 8.41. The van der Waals surface area contributed by atoms with Crippen LogP contribution >= 0.6 is 12.4 Å². The molecule has 0 saturated carbocycles. The van der Waals surface area contributed by atoms with Crippen LogP contribution in [0.1, 0.15) is 40.9 Å². The number of hydrogen-bond acceptors (Lipinski definition) is 3. The molecule has 0 amide bonds. The van der Waals surface area contributed by atoms with Gasteiger partial charge in [-0.1, -0.05) is 36.4 Å². The highest BCUT2D eigenvalue weighted by Crippen LogP contribution is 2.29. The van der Waals surface area contributed by atoms with Gasteiger partial charge in [-0.2, -0.15) is 13.2 Å². The molecule has 144 valence electrons. The van der Waals surface area contributed by atoms with Gasteiger partial charge in [0.1, 0.15) is 5.84 Å². The van der Waals surface area contributed by atoms with Crippen molar-refractivity contribution < 1.29 is 18.0 Å². The van der Waals surface area contributed by atoms with Crippen LogP contribution in [0.5, 0.6) is 0 Å². The molecule has 0 bridgehead atoms. The summed E-state index contributed by atoms with van der Waals surface area (Å²) in [6.45, 7) is 5.56. The number of ketones is 1. The lowest BCUT2D eigenvalue weighted by Gasteiger charge is -2.25. The maximum atomic E-state index is 12.9. The lowest BCUT2D eigenvalue weighted by atomic mass is 9.96. The smallest absolute Gasteiger partial charge is 0.352 e. The number of hydrogen-bond donors (Lipinski definition) is 0. The zero-order chi connectivity index (χ0) is 18.9. The Kier molecular flexibility index (Phi) is 6.31. The van der Waals surface area contributed by atoms with Gasteiger partial charge < -0.3 is 4.90 Å². The molecule has 0 aromatic heterocycles. The quantitative estimate of drug-likeness (QED) is 0.693. The largest absolute Gasteiger partial charge is 0.416 e. The third-order valence-corrected chi connectivity index (χ3v) is 4.38. The van der Waals surface area contributed by atoms with E-state index in [4.69, 9.17) is 0 Å². The highest BCUT2D eigenvalue weighted by Gasteiger charge is 2.30. The Morgan fingerprint density at radius 2 is 1.70 bits per heavy atom. The summed E-state index contributed by atoms with van der Waals surface area (Å²) in [5, 5.41) is 0. The van der Waals surface area contributed by atoms with Gasteiger partial charge in [0.25, 0.3) is 0 Å². The van der Waals surface area contributed by atoms with Crippen LogP contribution in [0.2, 0.25) is 0 Å². The second-order valence-electron chi connectivity index (χ2n) is 6.44. The molecule has 0 saturated heterocycles. The fraction of sp³-hybridized carbons (Fsp3) is 0.300. The molecule has 0 radical (unpaired) electrons. The van der Waals surface area contributed by atoms with Gasteiger partial charge in [-0.3, -0.25) is 9.79 Å². The van der Waals surface area contributed by atoms with Gasteiger partial charge in [-0.05, 0) is 26.0 Å². The van der Waals surface area contributed by atoms with E-state index in [9.17, 15) is 18.0 Å². The van der Waals surface area contributed by atoms with E-state index in [0.717, 1.165) is 24.5 Å². The Balaban J connectivity index is 0.00000261. The summed E-state index contributed by atoms with van der Waals surface area (Å²) >= 11 is 0. The van der Waals surface area contributed by atoms with E-state index in [0.29, 0.717) is 17.7 Å². The highest BCUT2D eigenvalue weighted by atomic mass is 35.5. The summed E-state index contributed by atoms with van der Waals surface area (Å²) in [7, 11) is 0. The summed E-state index contributed by atoms with van der Waals surface area (Å²) < 4.78 is 38.2. The zero-order valence-corrected chi connectivity index (χ0v) is 15.8. The molecule has 3 rings (SSSR count). The van der Waals surface area contributed by atoms with Crippen molar-refractivity contribution in [2.75, 3.05) is 13.1 Å². The van der Waals surface area contributed by atoms with Crippen LogP contribution in [-0.2, 0) is 6.18 Å². The van der Waals surface area contributed by atoms with Gasteiger partial charge in [0.2, 0.25) is 0 Å². The second-order valence-corrected chi connectivity index (χ2v) is 6.44. The van der Waals surface area contributed by atoms with Crippen LogP contribution in [-0.4, -0.2) is 35.7 Å². The van der Waals surface area contributed by atoms with Gasteiger partial charge in [0.05, 0.1) is 12.1 Å².